The van der Waals surface area contributed by atoms with E-state index in [1.54, 1.807) is 6.26 Å². The summed E-state index contributed by atoms with van der Waals surface area (Å²) in [5.74, 6) is 0.0739. The van der Waals surface area contributed by atoms with Crippen molar-refractivity contribution in [3.63, 3.8) is 0 Å². The molecule has 5 nitrogen and oxygen atoms in total. The summed E-state index contributed by atoms with van der Waals surface area (Å²) in [4.78, 5) is 14.8. The maximum Gasteiger partial charge on any atom is 0.205 e. The molecule has 1 atom stereocenters. The van der Waals surface area contributed by atoms with Crippen LogP contribution in [0, 0.1) is 0 Å². The lowest BCUT2D eigenvalue weighted by Crippen LogP contribution is -2.28. The minimum atomic E-state index is -0.399. The van der Waals surface area contributed by atoms with Gasteiger partial charge in [0.1, 0.15) is 0 Å². The number of hydrogen-bond donors (Lipinski definition) is 3. The fourth-order valence-corrected chi connectivity index (χ4v) is 1.21. The zero-order chi connectivity index (χ0) is 10.3. The van der Waals surface area contributed by atoms with Crippen LogP contribution in [0.4, 0.5) is 0 Å². The Morgan fingerprint density at radius 2 is 2.15 bits per heavy atom. The molecule has 0 bridgehead atoms. The Morgan fingerprint density at radius 1 is 1.54 bits per heavy atom. The molecule has 0 aliphatic carbocycles. The molecule has 0 unspecified atom stereocenters. The molecule has 0 saturated heterocycles. The van der Waals surface area contributed by atoms with Gasteiger partial charge in [0.25, 0.3) is 0 Å². The highest BCUT2D eigenvalue weighted by Gasteiger charge is 2.10. The summed E-state index contributed by atoms with van der Waals surface area (Å²) >= 11 is 1.15. The van der Waals surface area contributed by atoms with E-state index in [9.17, 15) is 4.79 Å². The lowest BCUT2D eigenvalue weighted by Gasteiger charge is -2.06. The Morgan fingerprint density at radius 3 is 2.62 bits per heavy atom. The van der Waals surface area contributed by atoms with Gasteiger partial charge in [-0.15, -0.1) is 0 Å². The standard InChI is InChI=1S/C7H16N4OS/c1-13-6(12)5(8)3-2-4-11-7(9)10/h5H,2-4,8H2,1H3,(H4,9,10,11)/t5-/m0/s1. The minimum Gasteiger partial charge on any atom is -0.370 e. The topological polar surface area (TPSA) is 107 Å². The van der Waals surface area contributed by atoms with Crippen molar-refractivity contribution >= 4 is 22.8 Å². The predicted molar refractivity (Wildman–Crippen MR) is 56.4 cm³/mol. The smallest absolute Gasteiger partial charge is 0.205 e. The quantitative estimate of drug-likeness (QED) is 0.310. The van der Waals surface area contributed by atoms with Gasteiger partial charge in [-0.1, -0.05) is 11.8 Å². The SMILES string of the molecule is CSC(=O)[C@@H](N)CCCN=C(N)N. The lowest BCUT2D eigenvalue weighted by atomic mass is 10.2. The summed E-state index contributed by atoms with van der Waals surface area (Å²) in [5.41, 5.74) is 15.8. The van der Waals surface area contributed by atoms with Crippen LogP contribution in [0.5, 0.6) is 0 Å². The van der Waals surface area contributed by atoms with Gasteiger partial charge in [0.05, 0.1) is 6.04 Å². The largest absolute Gasteiger partial charge is 0.370 e. The van der Waals surface area contributed by atoms with Crippen LogP contribution >= 0.6 is 11.8 Å². The van der Waals surface area contributed by atoms with E-state index in [0.717, 1.165) is 18.2 Å². The molecule has 13 heavy (non-hydrogen) atoms. The predicted octanol–water partition coefficient (Wildman–Crippen LogP) is -0.743. The molecule has 0 radical (unpaired) electrons. The van der Waals surface area contributed by atoms with E-state index in [2.05, 4.69) is 4.99 Å². The van der Waals surface area contributed by atoms with Gasteiger partial charge >= 0.3 is 0 Å². The number of rotatable bonds is 5. The summed E-state index contributed by atoms with van der Waals surface area (Å²) in [6.45, 7) is 0.525. The van der Waals surface area contributed by atoms with Crippen molar-refractivity contribution in [2.45, 2.75) is 18.9 Å². The van der Waals surface area contributed by atoms with Crippen LogP contribution in [-0.4, -0.2) is 29.9 Å². The number of nitrogens with zero attached hydrogens (tertiary/aromatic N) is 1. The molecule has 0 amide bonds. The number of thioether (sulfide) groups is 1. The molecule has 6 heteroatoms. The number of hydrogen-bond acceptors (Lipinski definition) is 4. The molecule has 0 aromatic carbocycles. The van der Waals surface area contributed by atoms with Crippen molar-refractivity contribution in [1.29, 1.82) is 0 Å². The minimum absolute atomic E-state index is 0.00435. The summed E-state index contributed by atoms with van der Waals surface area (Å²) in [6.07, 6.45) is 3.07. The van der Waals surface area contributed by atoms with Crippen molar-refractivity contribution in [2.75, 3.05) is 12.8 Å². The van der Waals surface area contributed by atoms with Gasteiger partial charge in [0.15, 0.2) is 5.96 Å². The third-order valence-electron chi connectivity index (χ3n) is 1.47. The molecule has 6 N–H and O–H groups in total. The molecule has 0 rings (SSSR count). The van der Waals surface area contributed by atoms with Crippen molar-refractivity contribution in [3.05, 3.63) is 0 Å². The number of nitrogens with two attached hydrogens (primary N) is 3. The molecule has 0 aliphatic rings. The second kappa shape index (κ2) is 6.73. The molecule has 0 saturated carbocycles. The molecule has 0 heterocycles. The number of guanidine groups is 1. The first-order valence-corrected chi connectivity index (χ1v) is 5.19. The Labute approximate surface area is 82.1 Å². The molecule has 0 spiro atoms. The summed E-state index contributed by atoms with van der Waals surface area (Å²) in [7, 11) is 0. The van der Waals surface area contributed by atoms with Crippen LogP contribution in [0.15, 0.2) is 4.99 Å². The molecule has 0 aromatic rings. The summed E-state index contributed by atoms with van der Waals surface area (Å²) in [6, 6.07) is -0.399. The maximum atomic E-state index is 11.0. The van der Waals surface area contributed by atoms with Gasteiger partial charge in [0, 0.05) is 6.54 Å². The van der Waals surface area contributed by atoms with E-state index in [0.29, 0.717) is 13.0 Å². The first kappa shape index (κ1) is 12.2. The fraction of sp³-hybridized carbons (Fsp3) is 0.714. The van der Waals surface area contributed by atoms with E-state index < -0.39 is 6.04 Å². The Bertz CT molecular complexity index is 191. The summed E-state index contributed by atoms with van der Waals surface area (Å²) < 4.78 is 0. The fourth-order valence-electron chi connectivity index (χ4n) is 0.789. The third kappa shape index (κ3) is 6.41. The van der Waals surface area contributed by atoms with Crippen LogP contribution < -0.4 is 17.2 Å². The van der Waals surface area contributed by atoms with Crippen LogP contribution in [0.25, 0.3) is 0 Å². The van der Waals surface area contributed by atoms with Crippen LogP contribution in [-0.2, 0) is 4.79 Å². The second-order valence-electron chi connectivity index (χ2n) is 2.58. The van der Waals surface area contributed by atoms with Gasteiger partial charge in [-0.2, -0.15) is 0 Å². The second-order valence-corrected chi connectivity index (χ2v) is 3.39. The Hall–Kier alpha value is -0.750. The van der Waals surface area contributed by atoms with Crippen molar-refractivity contribution in [1.82, 2.24) is 0 Å². The van der Waals surface area contributed by atoms with Gasteiger partial charge in [-0.3, -0.25) is 9.79 Å². The molecule has 0 fully saturated rings. The highest BCUT2D eigenvalue weighted by Crippen LogP contribution is 2.04. The molecular weight excluding hydrogens is 188 g/mol. The first-order valence-electron chi connectivity index (χ1n) is 3.96. The van der Waals surface area contributed by atoms with Crippen LogP contribution in [0.2, 0.25) is 0 Å². The molecule has 76 valence electrons. The Balaban J connectivity index is 3.53. The number of aliphatic imine (C=N–C) groups is 1. The maximum absolute atomic E-state index is 11.0. The van der Waals surface area contributed by atoms with Gasteiger partial charge in [0.2, 0.25) is 5.12 Å². The van der Waals surface area contributed by atoms with Crippen molar-refractivity contribution < 1.29 is 4.79 Å². The van der Waals surface area contributed by atoms with Gasteiger partial charge < -0.3 is 17.2 Å². The monoisotopic (exact) mass is 204 g/mol. The van der Waals surface area contributed by atoms with E-state index >= 15 is 0 Å². The molecular formula is C7H16N4OS. The normalized spacial score (nSPS) is 12.2. The van der Waals surface area contributed by atoms with E-state index in [1.165, 1.54) is 0 Å². The molecule has 0 aromatic heterocycles. The van der Waals surface area contributed by atoms with Gasteiger partial charge in [-0.25, -0.2) is 0 Å². The highest BCUT2D eigenvalue weighted by molar-refractivity contribution is 8.13. The zero-order valence-electron chi connectivity index (χ0n) is 7.69. The van der Waals surface area contributed by atoms with E-state index in [1.807, 2.05) is 0 Å². The highest BCUT2D eigenvalue weighted by atomic mass is 32.2. The van der Waals surface area contributed by atoms with E-state index in [-0.39, 0.29) is 11.1 Å². The molecule has 0 aliphatic heterocycles. The van der Waals surface area contributed by atoms with Crippen LogP contribution in [0.1, 0.15) is 12.8 Å². The van der Waals surface area contributed by atoms with Crippen molar-refractivity contribution in [3.8, 4) is 0 Å². The third-order valence-corrected chi connectivity index (χ3v) is 2.18. The average Bonchev–Trinajstić information content (AvgIpc) is 2.10. The van der Waals surface area contributed by atoms with E-state index in [4.69, 9.17) is 17.2 Å². The van der Waals surface area contributed by atoms with Crippen molar-refractivity contribution in [2.24, 2.45) is 22.2 Å². The number of carbonyl (C=O) groups excluding carboxylic acids is 1. The average molecular weight is 204 g/mol. The summed E-state index contributed by atoms with van der Waals surface area (Å²) in [5, 5.41) is 0.00435. The lowest BCUT2D eigenvalue weighted by molar-refractivity contribution is -0.112. The van der Waals surface area contributed by atoms with Crippen LogP contribution in [0.3, 0.4) is 0 Å². The number of carbonyl (C=O) groups is 1. The first-order chi connectivity index (χ1) is 6.07. The Kier molecular flexibility index (Phi) is 6.34. The zero-order valence-corrected chi connectivity index (χ0v) is 8.51. The van der Waals surface area contributed by atoms with Gasteiger partial charge in [-0.05, 0) is 19.1 Å².